The van der Waals surface area contributed by atoms with Gasteiger partial charge in [0, 0.05) is 19.3 Å². The second-order valence-electron chi connectivity index (χ2n) is 19.5. The summed E-state index contributed by atoms with van der Waals surface area (Å²) >= 11 is 0. The minimum Gasteiger partial charge on any atom is -0.462 e. The van der Waals surface area contributed by atoms with Crippen molar-refractivity contribution in [3.05, 3.63) is 134 Å². The van der Waals surface area contributed by atoms with Crippen molar-refractivity contribution in [1.29, 1.82) is 0 Å². The zero-order valence-corrected chi connectivity index (χ0v) is 47.8. The average Bonchev–Trinajstić information content (AvgIpc) is 3.40. The third-order valence-corrected chi connectivity index (χ3v) is 12.4. The van der Waals surface area contributed by atoms with Crippen LogP contribution in [0, 0.1) is 0 Å². The van der Waals surface area contributed by atoms with Crippen LogP contribution in [0.5, 0.6) is 0 Å². The standard InChI is InChI=1S/C68H110O6/c1-4-7-10-13-16-19-22-25-27-28-29-30-31-32-33-34-35-36-37-38-39-40-42-43-46-49-52-55-58-61-67(70)73-64-65(63-72-66(69)60-57-54-51-48-45-24-21-18-15-12-9-6-3)74-68(71)62-59-56-53-50-47-44-41-26-23-20-17-14-11-8-5-2/h7-8,10-11,16-17,19-20,25-27,29-30,32-33,35-36,38-39,41,47,50,65H,4-6,9,12-15,18,21-24,28,31,34,37,40,42-46,48-49,51-64H2,1-3H3/b10-7-,11-8-,19-16-,20-17-,27-25-,30-29-,33-32-,36-35-,39-38-,41-26-,50-47-. The van der Waals surface area contributed by atoms with Crippen molar-refractivity contribution in [2.45, 2.75) is 264 Å². The van der Waals surface area contributed by atoms with Crippen LogP contribution in [0.1, 0.15) is 258 Å². The first-order valence-electron chi connectivity index (χ1n) is 30.2. The lowest BCUT2D eigenvalue weighted by molar-refractivity contribution is -0.167. The Hall–Kier alpha value is -4.45. The number of esters is 3. The molecule has 0 fully saturated rings. The highest BCUT2D eigenvalue weighted by Crippen LogP contribution is 2.15. The molecular formula is C68H110O6. The summed E-state index contributed by atoms with van der Waals surface area (Å²) in [7, 11) is 0. The summed E-state index contributed by atoms with van der Waals surface area (Å²) in [5, 5.41) is 0. The van der Waals surface area contributed by atoms with Crippen molar-refractivity contribution in [3.63, 3.8) is 0 Å². The monoisotopic (exact) mass is 1020 g/mol. The number of carbonyl (C=O) groups excluding carboxylic acids is 3. The Bertz CT molecular complexity index is 1600. The van der Waals surface area contributed by atoms with Crippen LogP contribution in [-0.4, -0.2) is 37.2 Å². The van der Waals surface area contributed by atoms with Gasteiger partial charge >= 0.3 is 17.9 Å². The van der Waals surface area contributed by atoms with Gasteiger partial charge < -0.3 is 14.2 Å². The summed E-state index contributed by atoms with van der Waals surface area (Å²) in [5.41, 5.74) is 0. The Labute approximate surface area is 455 Å². The summed E-state index contributed by atoms with van der Waals surface area (Å²) in [6, 6.07) is 0. The molecular weight excluding hydrogens is 913 g/mol. The number of hydrogen-bond donors (Lipinski definition) is 0. The van der Waals surface area contributed by atoms with Gasteiger partial charge in [-0.2, -0.15) is 0 Å². The lowest BCUT2D eigenvalue weighted by Crippen LogP contribution is -2.30. The van der Waals surface area contributed by atoms with Crippen molar-refractivity contribution in [1.82, 2.24) is 0 Å². The zero-order valence-electron chi connectivity index (χ0n) is 47.8. The maximum absolute atomic E-state index is 12.8. The highest BCUT2D eigenvalue weighted by Gasteiger charge is 2.19. The van der Waals surface area contributed by atoms with Crippen molar-refractivity contribution >= 4 is 17.9 Å². The molecule has 0 aromatic rings. The molecule has 0 aromatic carbocycles. The van der Waals surface area contributed by atoms with Gasteiger partial charge in [-0.1, -0.05) is 257 Å². The van der Waals surface area contributed by atoms with Crippen molar-refractivity contribution in [2.24, 2.45) is 0 Å². The Morgan fingerprint density at radius 1 is 0.284 bits per heavy atom. The second-order valence-corrected chi connectivity index (χ2v) is 19.5. The summed E-state index contributed by atoms with van der Waals surface area (Å²) in [5.74, 6) is -0.955. The van der Waals surface area contributed by atoms with Crippen LogP contribution in [0.3, 0.4) is 0 Å². The van der Waals surface area contributed by atoms with Gasteiger partial charge in [0.1, 0.15) is 13.2 Å². The van der Waals surface area contributed by atoms with E-state index in [9.17, 15) is 14.4 Å². The minimum atomic E-state index is -0.807. The van der Waals surface area contributed by atoms with E-state index in [0.717, 1.165) is 128 Å². The van der Waals surface area contributed by atoms with Crippen LogP contribution >= 0.6 is 0 Å². The van der Waals surface area contributed by atoms with E-state index in [-0.39, 0.29) is 37.5 Å². The molecule has 0 heterocycles. The van der Waals surface area contributed by atoms with Gasteiger partial charge in [0.2, 0.25) is 0 Å². The van der Waals surface area contributed by atoms with Gasteiger partial charge in [0.05, 0.1) is 0 Å². The Morgan fingerprint density at radius 3 is 0.851 bits per heavy atom. The first-order valence-corrected chi connectivity index (χ1v) is 30.2. The summed E-state index contributed by atoms with van der Waals surface area (Å²) < 4.78 is 16.8. The molecule has 0 saturated heterocycles. The molecule has 0 aliphatic heterocycles. The highest BCUT2D eigenvalue weighted by molar-refractivity contribution is 5.71. The highest BCUT2D eigenvalue weighted by atomic mass is 16.6. The second kappa shape index (κ2) is 61.1. The van der Waals surface area contributed by atoms with Gasteiger partial charge in [0.15, 0.2) is 6.10 Å². The molecule has 0 saturated carbocycles. The van der Waals surface area contributed by atoms with E-state index in [0.29, 0.717) is 19.3 Å². The molecule has 6 heteroatoms. The van der Waals surface area contributed by atoms with Crippen LogP contribution in [-0.2, 0) is 28.6 Å². The molecule has 6 nitrogen and oxygen atoms in total. The summed E-state index contributed by atoms with van der Waals surface area (Å²) in [6.45, 7) is 6.36. The molecule has 0 aliphatic carbocycles. The SMILES string of the molecule is CC/C=C\C/C=C\C/C=C\C/C=C\C/C=C\C/C=C\C/C=C\CCCCCCCCCC(=O)OCC(COC(=O)CCCCCCCCCCCCCC)OC(=O)CCCC/C=C\C/C=C\C/C=C\C/C=C\CC. The van der Waals surface area contributed by atoms with E-state index in [1.54, 1.807) is 0 Å². The van der Waals surface area contributed by atoms with E-state index in [2.05, 4.69) is 154 Å². The lowest BCUT2D eigenvalue weighted by atomic mass is 10.0. The van der Waals surface area contributed by atoms with Crippen LogP contribution < -0.4 is 0 Å². The number of ether oxygens (including phenoxy) is 3. The molecule has 0 rings (SSSR count). The van der Waals surface area contributed by atoms with Crippen LogP contribution in [0.15, 0.2) is 134 Å². The largest absolute Gasteiger partial charge is 0.462 e. The minimum absolute atomic E-state index is 0.0999. The number of allylic oxidation sites excluding steroid dienone is 22. The normalized spacial score (nSPS) is 13.1. The first kappa shape index (κ1) is 69.5. The Kier molecular flexibility index (Phi) is 57.4. The van der Waals surface area contributed by atoms with Gasteiger partial charge in [-0.15, -0.1) is 0 Å². The van der Waals surface area contributed by atoms with E-state index < -0.39 is 6.10 Å². The predicted octanol–water partition coefficient (Wildman–Crippen LogP) is 20.6. The predicted molar refractivity (Wildman–Crippen MR) is 320 cm³/mol. The molecule has 1 unspecified atom stereocenters. The first-order chi connectivity index (χ1) is 36.5. The third-order valence-electron chi connectivity index (χ3n) is 12.4. The van der Waals surface area contributed by atoms with Crippen LogP contribution in [0.2, 0.25) is 0 Å². The molecule has 0 spiro atoms. The van der Waals surface area contributed by atoms with Gasteiger partial charge in [-0.3, -0.25) is 14.4 Å². The lowest BCUT2D eigenvalue weighted by Gasteiger charge is -2.18. The van der Waals surface area contributed by atoms with E-state index >= 15 is 0 Å². The molecule has 0 aliphatic rings. The maximum atomic E-state index is 12.8. The molecule has 0 N–H and O–H groups in total. The quantitative estimate of drug-likeness (QED) is 0.0261. The van der Waals surface area contributed by atoms with Gasteiger partial charge in [-0.25, -0.2) is 0 Å². The summed E-state index contributed by atoms with van der Waals surface area (Å²) in [4.78, 5) is 38.2. The van der Waals surface area contributed by atoms with Gasteiger partial charge in [-0.05, 0) is 116 Å². The number of unbranched alkanes of at least 4 members (excludes halogenated alkanes) is 20. The van der Waals surface area contributed by atoms with E-state index in [4.69, 9.17) is 14.2 Å². The zero-order chi connectivity index (χ0) is 53.6. The summed E-state index contributed by atoms with van der Waals surface area (Å²) in [6.07, 6.45) is 86.0. The maximum Gasteiger partial charge on any atom is 0.306 e. The van der Waals surface area contributed by atoms with Crippen LogP contribution in [0.25, 0.3) is 0 Å². The van der Waals surface area contributed by atoms with Crippen molar-refractivity contribution < 1.29 is 28.6 Å². The topological polar surface area (TPSA) is 78.9 Å². The van der Waals surface area contributed by atoms with Crippen LogP contribution in [0.4, 0.5) is 0 Å². The molecule has 0 aromatic heterocycles. The molecule has 74 heavy (non-hydrogen) atoms. The van der Waals surface area contributed by atoms with Crippen molar-refractivity contribution in [2.75, 3.05) is 13.2 Å². The number of rotatable bonds is 53. The Morgan fingerprint density at radius 2 is 0.527 bits per heavy atom. The molecule has 0 bridgehead atoms. The number of carbonyl (C=O) groups is 3. The average molecular weight is 1020 g/mol. The fourth-order valence-corrected chi connectivity index (χ4v) is 7.94. The number of hydrogen-bond acceptors (Lipinski definition) is 6. The molecule has 1 atom stereocenters. The smallest absolute Gasteiger partial charge is 0.306 e. The fourth-order valence-electron chi connectivity index (χ4n) is 7.94. The van der Waals surface area contributed by atoms with E-state index in [1.165, 1.54) is 83.5 Å². The molecule has 418 valence electrons. The van der Waals surface area contributed by atoms with E-state index in [1.807, 2.05) is 0 Å². The fraction of sp³-hybridized carbons (Fsp3) is 0.632. The van der Waals surface area contributed by atoms with Gasteiger partial charge in [0.25, 0.3) is 0 Å². The third kappa shape index (κ3) is 58.4. The molecule has 0 amide bonds. The van der Waals surface area contributed by atoms with Crippen molar-refractivity contribution in [3.8, 4) is 0 Å². The molecule has 0 radical (unpaired) electrons. The Balaban J connectivity index is 4.35.